The minimum absolute atomic E-state index is 0.0922. The first-order valence-corrected chi connectivity index (χ1v) is 9.13. The molecule has 1 saturated carbocycles. The molecule has 140 valence electrons. The normalized spacial score (nSPS) is 23.6. The molecule has 1 aliphatic rings. The van der Waals surface area contributed by atoms with Crippen LogP contribution in [0.3, 0.4) is 0 Å². The molecular weight excluding hydrogens is 306 g/mol. The number of hydrogen-bond donors (Lipinski definition) is 3. The molecule has 0 aromatic heterocycles. The van der Waals surface area contributed by atoms with Crippen molar-refractivity contribution < 1.29 is 14.3 Å². The van der Waals surface area contributed by atoms with Crippen molar-refractivity contribution in [1.82, 2.24) is 16.0 Å². The lowest BCUT2D eigenvalue weighted by Gasteiger charge is -2.30. The molecule has 0 aromatic carbocycles. The van der Waals surface area contributed by atoms with Gasteiger partial charge in [-0.1, -0.05) is 13.8 Å². The van der Waals surface area contributed by atoms with E-state index in [-0.39, 0.29) is 17.9 Å². The van der Waals surface area contributed by atoms with E-state index in [1.165, 1.54) is 0 Å². The zero-order chi connectivity index (χ0) is 18.1. The van der Waals surface area contributed by atoms with Gasteiger partial charge in [-0.3, -0.25) is 9.59 Å². The zero-order valence-corrected chi connectivity index (χ0v) is 15.9. The van der Waals surface area contributed by atoms with E-state index < -0.39 is 6.04 Å². The third-order valence-electron chi connectivity index (χ3n) is 4.95. The summed E-state index contributed by atoms with van der Waals surface area (Å²) in [5.41, 5.74) is 0. The van der Waals surface area contributed by atoms with Gasteiger partial charge < -0.3 is 20.7 Å². The first-order valence-electron chi connectivity index (χ1n) is 9.13. The van der Waals surface area contributed by atoms with E-state index in [1.807, 2.05) is 0 Å². The molecule has 24 heavy (non-hydrogen) atoms. The van der Waals surface area contributed by atoms with Gasteiger partial charge in [-0.2, -0.15) is 0 Å². The van der Waals surface area contributed by atoms with E-state index in [0.717, 1.165) is 32.1 Å². The van der Waals surface area contributed by atoms with Crippen molar-refractivity contribution >= 4 is 11.8 Å². The molecule has 0 radical (unpaired) electrons. The van der Waals surface area contributed by atoms with Crippen molar-refractivity contribution in [3.8, 4) is 0 Å². The van der Waals surface area contributed by atoms with Crippen molar-refractivity contribution in [2.45, 2.75) is 70.6 Å². The molecule has 1 rings (SSSR count). The van der Waals surface area contributed by atoms with Crippen LogP contribution in [0, 0.1) is 11.8 Å². The topological polar surface area (TPSA) is 79.5 Å². The standard InChI is InChI=1S/C18H35N3O3/c1-12(2)10-15(19-3)18(23)21-16(17(22)20-4)11-13-6-8-14(24-5)9-7-13/h12-16,19H,6-11H2,1-5H3,(H,20,22)(H,21,23)/t13?,14?,15-,16+/m0/s1. The maximum absolute atomic E-state index is 12.5. The van der Waals surface area contributed by atoms with E-state index in [0.29, 0.717) is 24.4 Å². The average molecular weight is 341 g/mol. The maximum atomic E-state index is 12.5. The van der Waals surface area contributed by atoms with Gasteiger partial charge in [0, 0.05) is 14.2 Å². The Morgan fingerprint density at radius 1 is 1.04 bits per heavy atom. The molecule has 0 heterocycles. The highest BCUT2D eigenvalue weighted by Gasteiger charge is 2.29. The van der Waals surface area contributed by atoms with Crippen molar-refractivity contribution in [3.05, 3.63) is 0 Å². The lowest BCUT2D eigenvalue weighted by Crippen LogP contribution is -2.52. The summed E-state index contributed by atoms with van der Waals surface area (Å²) < 4.78 is 5.40. The largest absolute Gasteiger partial charge is 0.381 e. The smallest absolute Gasteiger partial charge is 0.242 e. The number of hydrogen-bond acceptors (Lipinski definition) is 4. The molecule has 6 heteroatoms. The Morgan fingerprint density at radius 2 is 1.67 bits per heavy atom. The van der Waals surface area contributed by atoms with Crippen molar-refractivity contribution in [2.75, 3.05) is 21.2 Å². The molecule has 2 amide bonds. The van der Waals surface area contributed by atoms with E-state index in [1.54, 1.807) is 21.2 Å². The molecular formula is C18H35N3O3. The van der Waals surface area contributed by atoms with Gasteiger partial charge in [0.05, 0.1) is 12.1 Å². The monoisotopic (exact) mass is 341 g/mol. The molecule has 6 nitrogen and oxygen atoms in total. The van der Waals surface area contributed by atoms with Crippen LogP contribution in [0.4, 0.5) is 0 Å². The lowest BCUT2D eigenvalue weighted by atomic mass is 9.83. The number of methoxy groups -OCH3 is 1. The first-order chi connectivity index (χ1) is 11.4. The molecule has 0 unspecified atom stereocenters. The Balaban J connectivity index is 2.62. The van der Waals surface area contributed by atoms with Crippen LogP contribution in [-0.4, -0.2) is 51.2 Å². The summed E-state index contributed by atoms with van der Waals surface area (Å²) in [6.45, 7) is 4.17. The SMILES string of the molecule is CNC(=O)[C@@H](CC1CCC(OC)CC1)NC(=O)[C@H](CC(C)C)NC. The van der Waals surface area contributed by atoms with Gasteiger partial charge in [0.15, 0.2) is 0 Å². The van der Waals surface area contributed by atoms with Crippen molar-refractivity contribution in [2.24, 2.45) is 11.8 Å². The molecule has 0 aliphatic heterocycles. The van der Waals surface area contributed by atoms with Crippen molar-refractivity contribution in [1.29, 1.82) is 0 Å². The van der Waals surface area contributed by atoms with E-state index in [4.69, 9.17) is 4.74 Å². The van der Waals surface area contributed by atoms with E-state index in [2.05, 4.69) is 29.8 Å². The van der Waals surface area contributed by atoms with Crippen LogP contribution >= 0.6 is 0 Å². The highest BCUT2D eigenvalue weighted by atomic mass is 16.5. The zero-order valence-electron chi connectivity index (χ0n) is 15.9. The Morgan fingerprint density at radius 3 is 2.12 bits per heavy atom. The Labute approximate surface area is 146 Å². The lowest BCUT2D eigenvalue weighted by molar-refractivity contribution is -0.130. The van der Waals surface area contributed by atoms with E-state index >= 15 is 0 Å². The summed E-state index contributed by atoms with van der Waals surface area (Å²) in [6, 6.07) is -0.726. The number of nitrogens with one attached hydrogen (secondary N) is 3. The van der Waals surface area contributed by atoms with E-state index in [9.17, 15) is 9.59 Å². The number of rotatable bonds is 9. The van der Waals surface area contributed by atoms with Gasteiger partial charge in [-0.15, -0.1) is 0 Å². The molecule has 0 bridgehead atoms. The molecule has 3 N–H and O–H groups in total. The second-order valence-electron chi connectivity index (χ2n) is 7.26. The number of ether oxygens (including phenoxy) is 1. The third-order valence-corrected chi connectivity index (χ3v) is 4.95. The first kappa shape index (κ1) is 20.9. The summed E-state index contributed by atoms with van der Waals surface area (Å²) >= 11 is 0. The van der Waals surface area contributed by atoms with Crippen LogP contribution < -0.4 is 16.0 Å². The quantitative estimate of drug-likeness (QED) is 0.593. The fraction of sp³-hybridized carbons (Fsp3) is 0.889. The Bertz CT molecular complexity index is 393. The fourth-order valence-electron chi connectivity index (χ4n) is 3.44. The summed E-state index contributed by atoms with van der Waals surface area (Å²) in [5.74, 6) is 0.662. The molecule has 1 aliphatic carbocycles. The minimum Gasteiger partial charge on any atom is -0.381 e. The van der Waals surface area contributed by atoms with Gasteiger partial charge in [0.25, 0.3) is 0 Å². The summed E-state index contributed by atoms with van der Waals surface area (Å²) in [7, 11) is 5.16. The van der Waals surface area contributed by atoms with Gasteiger partial charge in [0.2, 0.25) is 11.8 Å². The van der Waals surface area contributed by atoms with Gasteiger partial charge in [0.1, 0.15) is 6.04 Å². The predicted molar refractivity (Wildman–Crippen MR) is 95.7 cm³/mol. The van der Waals surface area contributed by atoms with Crippen LogP contribution in [0.2, 0.25) is 0 Å². The highest BCUT2D eigenvalue weighted by Crippen LogP contribution is 2.29. The summed E-state index contributed by atoms with van der Waals surface area (Å²) in [6.07, 6.45) is 5.94. The fourth-order valence-corrected chi connectivity index (χ4v) is 3.44. The number of likely N-dealkylation sites (N-methyl/N-ethyl adjacent to an activating group) is 2. The van der Waals surface area contributed by atoms with Crippen molar-refractivity contribution in [3.63, 3.8) is 0 Å². The van der Waals surface area contributed by atoms with Gasteiger partial charge >= 0.3 is 0 Å². The molecule has 0 spiro atoms. The van der Waals surface area contributed by atoms with Crippen LogP contribution in [-0.2, 0) is 14.3 Å². The van der Waals surface area contributed by atoms with Crippen LogP contribution in [0.15, 0.2) is 0 Å². The van der Waals surface area contributed by atoms with Crippen LogP contribution in [0.25, 0.3) is 0 Å². The molecule has 1 fully saturated rings. The van der Waals surface area contributed by atoms with Gasteiger partial charge in [-0.05, 0) is 57.4 Å². The minimum atomic E-state index is -0.463. The summed E-state index contributed by atoms with van der Waals surface area (Å²) in [5, 5.41) is 8.68. The summed E-state index contributed by atoms with van der Waals surface area (Å²) in [4.78, 5) is 24.7. The third kappa shape index (κ3) is 6.77. The highest BCUT2D eigenvalue weighted by molar-refractivity contribution is 5.89. The molecule has 0 saturated heterocycles. The van der Waals surface area contributed by atoms with Gasteiger partial charge in [-0.25, -0.2) is 0 Å². The number of amides is 2. The average Bonchev–Trinajstić information content (AvgIpc) is 2.58. The molecule has 2 atom stereocenters. The molecule has 0 aromatic rings. The second-order valence-corrected chi connectivity index (χ2v) is 7.26. The Hall–Kier alpha value is -1.14. The Kier molecular flexibility index (Phi) is 9.29. The number of carbonyl (C=O) groups excluding carboxylic acids is 2. The van der Waals surface area contributed by atoms with Crippen LogP contribution in [0.1, 0.15) is 52.4 Å². The number of carbonyl (C=O) groups is 2. The van der Waals surface area contributed by atoms with Crippen LogP contribution in [0.5, 0.6) is 0 Å². The second kappa shape index (κ2) is 10.7. The maximum Gasteiger partial charge on any atom is 0.242 e. The predicted octanol–water partition coefficient (Wildman–Crippen LogP) is 1.45.